The Morgan fingerprint density at radius 3 is 2.16 bits per heavy atom. The number of thioether (sulfide) groups is 1. The SMILES string of the molecule is CC(Sc1cccc(NC(=O)/C(=C\c2ccc(N(C)C)cc2)NC(=O)c2ccccc2)c1)C(=O)Nc1ccccc1C(F)(F)F. The van der Waals surface area contributed by atoms with Gasteiger partial charge >= 0.3 is 6.18 Å². The van der Waals surface area contributed by atoms with E-state index in [-0.39, 0.29) is 11.4 Å². The zero-order chi connectivity index (χ0) is 32.6. The average Bonchev–Trinajstić information content (AvgIpc) is 3.01. The van der Waals surface area contributed by atoms with E-state index in [0.29, 0.717) is 21.7 Å². The molecule has 3 N–H and O–H groups in total. The summed E-state index contributed by atoms with van der Waals surface area (Å²) in [5.41, 5.74) is 1.18. The molecule has 4 rings (SSSR count). The second kappa shape index (κ2) is 14.6. The number of carbonyl (C=O) groups is 3. The molecular formula is C34H31F3N4O3S. The van der Waals surface area contributed by atoms with Crippen molar-refractivity contribution in [2.75, 3.05) is 29.6 Å². The van der Waals surface area contributed by atoms with E-state index in [1.54, 1.807) is 67.6 Å². The predicted molar refractivity (Wildman–Crippen MR) is 173 cm³/mol. The largest absolute Gasteiger partial charge is 0.418 e. The molecule has 0 aliphatic carbocycles. The molecule has 0 bridgehead atoms. The summed E-state index contributed by atoms with van der Waals surface area (Å²) in [6.45, 7) is 1.57. The summed E-state index contributed by atoms with van der Waals surface area (Å²) in [6, 6.07) is 27.4. The second-order valence-electron chi connectivity index (χ2n) is 10.1. The molecule has 7 nitrogen and oxygen atoms in total. The average molecular weight is 633 g/mol. The van der Waals surface area contributed by atoms with Crippen LogP contribution in [0.3, 0.4) is 0 Å². The Balaban J connectivity index is 1.50. The van der Waals surface area contributed by atoms with Gasteiger partial charge in [-0.05, 0) is 73.2 Å². The Bertz CT molecular complexity index is 1690. The van der Waals surface area contributed by atoms with Crippen LogP contribution in [0, 0.1) is 0 Å². The van der Waals surface area contributed by atoms with E-state index >= 15 is 0 Å². The van der Waals surface area contributed by atoms with Gasteiger partial charge in [-0.2, -0.15) is 13.2 Å². The lowest BCUT2D eigenvalue weighted by Crippen LogP contribution is -2.30. The van der Waals surface area contributed by atoms with Crippen molar-refractivity contribution >= 4 is 52.6 Å². The Labute approximate surface area is 263 Å². The minimum atomic E-state index is -4.61. The molecule has 0 saturated heterocycles. The third kappa shape index (κ3) is 9.23. The van der Waals surface area contributed by atoms with Crippen molar-refractivity contribution in [2.24, 2.45) is 0 Å². The first-order valence-electron chi connectivity index (χ1n) is 13.8. The zero-order valence-corrected chi connectivity index (χ0v) is 25.5. The summed E-state index contributed by atoms with van der Waals surface area (Å²) in [4.78, 5) is 41.7. The van der Waals surface area contributed by atoms with Crippen LogP contribution in [0.4, 0.5) is 30.2 Å². The van der Waals surface area contributed by atoms with Crippen molar-refractivity contribution in [1.82, 2.24) is 5.32 Å². The van der Waals surface area contributed by atoms with Crippen molar-refractivity contribution in [3.8, 4) is 0 Å². The van der Waals surface area contributed by atoms with Gasteiger partial charge in [-0.3, -0.25) is 14.4 Å². The van der Waals surface area contributed by atoms with E-state index in [0.717, 1.165) is 23.5 Å². The van der Waals surface area contributed by atoms with Gasteiger partial charge in [0.2, 0.25) is 5.91 Å². The highest BCUT2D eigenvalue weighted by molar-refractivity contribution is 8.00. The molecule has 0 aliphatic rings. The highest BCUT2D eigenvalue weighted by Crippen LogP contribution is 2.35. The maximum Gasteiger partial charge on any atom is 0.418 e. The van der Waals surface area contributed by atoms with E-state index in [2.05, 4.69) is 16.0 Å². The van der Waals surface area contributed by atoms with E-state index in [9.17, 15) is 27.6 Å². The first-order valence-corrected chi connectivity index (χ1v) is 14.7. The Kier molecular flexibility index (Phi) is 10.7. The van der Waals surface area contributed by atoms with Crippen LogP contribution in [0.1, 0.15) is 28.4 Å². The van der Waals surface area contributed by atoms with Crippen LogP contribution < -0.4 is 20.9 Å². The summed E-state index contributed by atoms with van der Waals surface area (Å²) in [5.74, 6) is -1.65. The third-order valence-corrected chi connectivity index (χ3v) is 7.61. The van der Waals surface area contributed by atoms with Crippen LogP contribution in [0.25, 0.3) is 6.08 Å². The van der Waals surface area contributed by atoms with E-state index in [1.807, 2.05) is 43.3 Å². The van der Waals surface area contributed by atoms with Gasteiger partial charge in [0.25, 0.3) is 11.8 Å². The van der Waals surface area contributed by atoms with Crippen LogP contribution in [0.15, 0.2) is 114 Å². The number of hydrogen-bond donors (Lipinski definition) is 3. The fraction of sp³-hybridized carbons (Fsp3) is 0.147. The molecule has 0 radical (unpaired) electrons. The smallest absolute Gasteiger partial charge is 0.378 e. The van der Waals surface area contributed by atoms with Crippen molar-refractivity contribution in [3.63, 3.8) is 0 Å². The number of benzene rings is 4. The van der Waals surface area contributed by atoms with Crippen molar-refractivity contribution in [3.05, 3.63) is 126 Å². The zero-order valence-electron chi connectivity index (χ0n) is 24.7. The molecule has 11 heteroatoms. The number of carbonyl (C=O) groups excluding carboxylic acids is 3. The van der Waals surface area contributed by atoms with Gasteiger partial charge in [0, 0.05) is 35.9 Å². The number of halogens is 3. The Morgan fingerprint density at radius 1 is 0.822 bits per heavy atom. The fourth-order valence-electron chi connectivity index (χ4n) is 4.15. The normalized spacial score (nSPS) is 12.2. The van der Waals surface area contributed by atoms with Gasteiger partial charge in [0.05, 0.1) is 16.5 Å². The Morgan fingerprint density at radius 2 is 1.49 bits per heavy atom. The first kappa shape index (κ1) is 32.9. The maximum absolute atomic E-state index is 13.5. The molecule has 3 amide bonds. The summed E-state index contributed by atoms with van der Waals surface area (Å²) in [6.07, 6.45) is -3.05. The standard InChI is InChI=1S/C34H31F3N4O3S/c1-22(31(42)39-29-15-8-7-14-28(29)34(35,36)37)45-27-13-9-12-25(21-27)38-33(44)30(40-32(43)24-10-5-4-6-11-24)20-23-16-18-26(19-17-23)41(2)3/h4-22H,1-3H3,(H,38,44)(H,39,42)(H,40,43)/b30-20+. The maximum atomic E-state index is 13.5. The fourth-order valence-corrected chi connectivity index (χ4v) is 5.08. The molecule has 0 spiro atoms. The lowest BCUT2D eigenvalue weighted by atomic mass is 10.1. The lowest BCUT2D eigenvalue weighted by Gasteiger charge is -2.16. The van der Waals surface area contributed by atoms with Gasteiger partial charge in [-0.1, -0.05) is 48.5 Å². The quantitative estimate of drug-likeness (QED) is 0.126. The summed E-state index contributed by atoms with van der Waals surface area (Å²) in [5, 5.41) is 7.09. The molecule has 0 fully saturated rings. The van der Waals surface area contributed by atoms with Gasteiger partial charge < -0.3 is 20.9 Å². The van der Waals surface area contributed by atoms with Crippen molar-refractivity contribution in [2.45, 2.75) is 23.2 Å². The van der Waals surface area contributed by atoms with Gasteiger partial charge in [0.1, 0.15) is 5.70 Å². The van der Waals surface area contributed by atoms with Crippen LogP contribution in [0.2, 0.25) is 0 Å². The first-order chi connectivity index (χ1) is 21.4. The number of nitrogens with zero attached hydrogens (tertiary/aromatic N) is 1. The van der Waals surface area contributed by atoms with Crippen LogP contribution in [0.5, 0.6) is 0 Å². The second-order valence-corrected chi connectivity index (χ2v) is 11.6. The number of alkyl halides is 3. The number of hydrogen-bond acceptors (Lipinski definition) is 5. The van der Waals surface area contributed by atoms with Crippen LogP contribution in [-0.4, -0.2) is 37.1 Å². The molecule has 0 heterocycles. The monoisotopic (exact) mass is 632 g/mol. The van der Waals surface area contributed by atoms with E-state index in [4.69, 9.17) is 0 Å². The number of nitrogens with one attached hydrogen (secondary N) is 3. The summed E-state index contributed by atoms with van der Waals surface area (Å²) >= 11 is 1.12. The molecule has 1 atom stereocenters. The van der Waals surface area contributed by atoms with Crippen LogP contribution >= 0.6 is 11.8 Å². The molecule has 4 aromatic rings. The molecule has 1 unspecified atom stereocenters. The number of anilines is 3. The van der Waals surface area contributed by atoms with Crippen molar-refractivity contribution < 1.29 is 27.6 Å². The minimum absolute atomic E-state index is 0.00980. The number of amides is 3. The van der Waals surface area contributed by atoms with E-state index < -0.39 is 34.7 Å². The molecule has 4 aromatic carbocycles. The van der Waals surface area contributed by atoms with Crippen molar-refractivity contribution in [1.29, 1.82) is 0 Å². The molecule has 0 saturated carbocycles. The highest BCUT2D eigenvalue weighted by Gasteiger charge is 2.34. The molecule has 0 aromatic heterocycles. The molecule has 45 heavy (non-hydrogen) atoms. The predicted octanol–water partition coefficient (Wildman–Crippen LogP) is 7.30. The third-order valence-electron chi connectivity index (χ3n) is 6.51. The highest BCUT2D eigenvalue weighted by atomic mass is 32.2. The minimum Gasteiger partial charge on any atom is -0.378 e. The van der Waals surface area contributed by atoms with Gasteiger partial charge in [0.15, 0.2) is 0 Å². The van der Waals surface area contributed by atoms with E-state index in [1.165, 1.54) is 18.2 Å². The number of rotatable bonds is 10. The summed E-state index contributed by atoms with van der Waals surface area (Å²) < 4.78 is 40.1. The van der Waals surface area contributed by atoms with Crippen LogP contribution in [-0.2, 0) is 15.8 Å². The molecule has 232 valence electrons. The van der Waals surface area contributed by atoms with Gasteiger partial charge in [-0.15, -0.1) is 11.8 Å². The Hall–Kier alpha value is -5.03. The lowest BCUT2D eigenvalue weighted by molar-refractivity contribution is -0.137. The summed E-state index contributed by atoms with van der Waals surface area (Å²) in [7, 11) is 3.83. The molecule has 0 aliphatic heterocycles. The van der Waals surface area contributed by atoms with Gasteiger partial charge in [-0.25, -0.2) is 0 Å². The number of para-hydroxylation sites is 1. The topological polar surface area (TPSA) is 90.5 Å². The molecular weight excluding hydrogens is 601 g/mol.